The monoisotopic (exact) mass is 229 g/mol. The summed E-state index contributed by atoms with van der Waals surface area (Å²) in [5.41, 5.74) is 6.56. The predicted octanol–water partition coefficient (Wildman–Crippen LogP) is 0.308. The maximum absolute atomic E-state index is 8.81. The lowest BCUT2D eigenvalue weighted by Crippen LogP contribution is -2.10. The number of nitrogens with one attached hydrogen (secondary N) is 2. The molecule has 0 unspecified atom stereocenters. The number of aromatic amines is 1. The van der Waals surface area contributed by atoms with Crippen LogP contribution in [0.2, 0.25) is 0 Å². The molecule has 0 fully saturated rings. The van der Waals surface area contributed by atoms with Crippen molar-refractivity contribution >= 4 is 11.5 Å². The number of pyridine rings is 1. The summed E-state index contributed by atoms with van der Waals surface area (Å²) >= 11 is 0. The minimum atomic E-state index is 0.368. The van der Waals surface area contributed by atoms with Gasteiger partial charge in [-0.2, -0.15) is 10.4 Å². The van der Waals surface area contributed by atoms with Crippen molar-refractivity contribution in [3.05, 3.63) is 30.0 Å². The molecule has 0 saturated carbocycles. The summed E-state index contributed by atoms with van der Waals surface area (Å²) < 4.78 is 0. The summed E-state index contributed by atoms with van der Waals surface area (Å²) in [5, 5.41) is 18.4. The van der Waals surface area contributed by atoms with Crippen LogP contribution in [0, 0.1) is 11.3 Å². The van der Waals surface area contributed by atoms with E-state index in [9.17, 15) is 0 Å². The molecular formula is C10H11N7. The van der Waals surface area contributed by atoms with Gasteiger partial charge in [0.1, 0.15) is 18.2 Å². The zero-order valence-electron chi connectivity index (χ0n) is 9.01. The zero-order valence-corrected chi connectivity index (χ0v) is 9.01. The average molecular weight is 229 g/mol. The van der Waals surface area contributed by atoms with Crippen LogP contribution in [0.1, 0.15) is 11.4 Å². The molecule has 2 aromatic heterocycles. The van der Waals surface area contributed by atoms with Crippen molar-refractivity contribution in [3.8, 4) is 6.07 Å². The van der Waals surface area contributed by atoms with Gasteiger partial charge in [-0.1, -0.05) is 0 Å². The van der Waals surface area contributed by atoms with Gasteiger partial charge in [-0.3, -0.25) is 5.10 Å². The van der Waals surface area contributed by atoms with E-state index in [2.05, 4.69) is 25.5 Å². The normalized spacial score (nSPS) is 9.82. The van der Waals surface area contributed by atoms with Crippen molar-refractivity contribution in [2.45, 2.75) is 6.42 Å². The molecule has 7 heteroatoms. The lowest BCUT2D eigenvalue weighted by Gasteiger charge is -2.07. The van der Waals surface area contributed by atoms with E-state index in [0.717, 1.165) is 5.82 Å². The molecular weight excluding hydrogens is 218 g/mol. The molecule has 0 aliphatic heterocycles. The Balaban J connectivity index is 1.98. The summed E-state index contributed by atoms with van der Waals surface area (Å²) in [6.45, 7) is 0.612. The van der Waals surface area contributed by atoms with E-state index in [0.29, 0.717) is 30.0 Å². The van der Waals surface area contributed by atoms with Crippen LogP contribution in [0.15, 0.2) is 18.6 Å². The quantitative estimate of drug-likeness (QED) is 0.694. The highest BCUT2D eigenvalue weighted by Crippen LogP contribution is 2.18. The van der Waals surface area contributed by atoms with Crippen LogP contribution < -0.4 is 11.1 Å². The third kappa shape index (κ3) is 2.49. The van der Waals surface area contributed by atoms with Gasteiger partial charge in [0.15, 0.2) is 5.82 Å². The molecule has 2 aromatic rings. The van der Waals surface area contributed by atoms with Crippen LogP contribution in [0.3, 0.4) is 0 Å². The van der Waals surface area contributed by atoms with Crippen molar-refractivity contribution in [2.24, 2.45) is 0 Å². The molecule has 0 spiro atoms. The Labute approximate surface area is 97.7 Å². The number of nitriles is 1. The fourth-order valence-corrected chi connectivity index (χ4v) is 1.36. The molecule has 0 saturated heterocycles. The first kappa shape index (κ1) is 10.9. The van der Waals surface area contributed by atoms with Gasteiger partial charge in [0.25, 0.3) is 0 Å². The Morgan fingerprint density at radius 1 is 1.47 bits per heavy atom. The minimum Gasteiger partial charge on any atom is -0.395 e. The number of nitrogen functional groups attached to an aromatic ring is 1. The first-order valence-electron chi connectivity index (χ1n) is 5.04. The molecule has 0 radical (unpaired) electrons. The van der Waals surface area contributed by atoms with Gasteiger partial charge in [0.2, 0.25) is 0 Å². The highest BCUT2D eigenvalue weighted by Gasteiger charge is 2.05. The van der Waals surface area contributed by atoms with Crippen molar-refractivity contribution in [1.82, 2.24) is 20.2 Å². The number of H-pyrrole nitrogens is 1. The molecule has 0 aromatic carbocycles. The Morgan fingerprint density at radius 3 is 3.06 bits per heavy atom. The Hall–Kier alpha value is -2.62. The molecule has 0 bridgehead atoms. The van der Waals surface area contributed by atoms with E-state index >= 15 is 0 Å². The molecule has 7 nitrogen and oxygen atoms in total. The van der Waals surface area contributed by atoms with E-state index in [-0.39, 0.29) is 0 Å². The highest BCUT2D eigenvalue weighted by molar-refractivity contribution is 5.68. The lowest BCUT2D eigenvalue weighted by atomic mass is 10.2. The summed E-state index contributed by atoms with van der Waals surface area (Å²) in [7, 11) is 0. The molecule has 2 rings (SSSR count). The number of aromatic nitrogens is 4. The molecule has 2 heterocycles. The van der Waals surface area contributed by atoms with Gasteiger partial charge < -0.3 is 11.1 Å². The van der Waals surface area contributed by atoms with Crippen LogP contribution in [-0.4, -0.2) is 26.7 Å². The van der Waals surface area contributed by atoms with Gasteiger partial charge in [0.05, 0.1) is 11.3 Å². The molecule has 17 heavy (non-hydrogen) atoms. The zero-order chi connectivity index (χ0) is 12.1. The number of anilines is 2. The van der Waals surface area contributed by atoms with Gasteiger partial charge in [0, 0.05) is 19.2 Å². The van der Waals surface area contributed by atoms with Crippen molar-refractivity contribution in [2.75, 3.05) is 17.6 Å². The number of nitrogens with zero attached hydrogens (tertiary/aromatic N) is 4. The van der Waals surface area contributed by atoms with Crippen LogP contribution in [-0.2, 0) is 6.42 Å². The SMILES string of the molecule is N#Cc1ccnc(NCCc2ncn[nH]2)c1N. The minimum absolute atomic E-state index is 0.368. The smallest absolute Gasteiger partial charge is 0.150 e. The Bertz CT molecular complexity index is 526. The fraction of sp³-hybridized carbons (Fsp3) is 0.200. The number of rotatable bonds is 4. The second-order valence-electron chi connectivity index (χ2n) is 3.34. The van der Waals surface area contributed by atoms with Gasteiger partial charge in [-0.25, -0.2) is 9.97 Å². The third-order valence-corrected chi connectivity index (χ3v) is 2.23. The highest BCUT2D eigenvalue weighted by atomic mass is 15.2. The van der Waals surface area contributed by atoms with Crippen LogP contribution in [0.4, 0.5) is 11.5 Å². The topological polar surface area (TPSA) is 116 Å². The molecule has 0 atom stereocenters. The molecule has 86 valence electrons. The maximum Gasteiger partial charge on any atom is 0.150 e. The summed E-state index contributed by atoms with van der Waals surface area (Å²) in [4.78, 5) is 8.07. The van der Waals surface area contributed by atoms with Crippen LogP contribution in [0.25, 0.3) is 0 Å². The lowest BCUT2D eigenvalue weighted by molar-refractivity contribution is 0.897. The van der Waals surface area contributed by atoms with E-state index in [1.54, 1.807) is 12.3 Å². The fourth-order valence-electron chi connectivity index (χ4n) is 1.36. The van der Waals surface area contributed by atoms with E-state index < -0.39 is 0 Å². The summed E-state index contributed by atoms with van der Waals surface area (Å²) in [6.07, 6.45) is 3.68. The second-order valence-corrected chi connectivity index (χ2v) is 3.34. The van der Waals surface area contributed by atoms with Gasteiger partial charge in [-0.05, 0) is 6.07 Å². The van der Waals surface area contributed by atoms with Gasteiger partial charge >= 0.3 is 0 Å². The maximum atomic E-state index is 8.81. The molecule has 4 N–H and O–H groups in total. The number of hydrogen-bond acceptors (Lipinski definition) is 6. The molecule has 0 amide bonds. The number of nitrogens with two attached hydrogens (primary N) is 1. The first-order chi connectivity index (χ1) is 8.31. The average Bonchev–Trinajstić information content (AvgIpc) is 2.84. The predicted molar refractivity (Wildman–Crippen MR) is 61.9 cm³/mol. The molecule has 0 aliphatic rings. The van der Waals surface area contributed by atoms with Crippen LogP contribution in [0.5, 0.6) is 0 Å². The van der Waals surface area contributed by atoms with Crippen LogP contribution >= 0.6 is 0 Å². The second kappa shape index (κ2) is 4.94. The largest absolute Gasteiger partial charge is 0.395 e. The number of hydrogen-bond donors (Lipinski definition) is 3. The van der Waals surface area contributed by atoms with E-state index in [4.69, 9.17) is 11.0 Å². The van der Waals surface area contributed by atoms with Gasteiger partial charge in [-0.15, -0.1) is 0 Å². The van der Waals surface area contributed by atoms with E-state index in [1.807, 2.05) is 6.07 Å². The molecule has 0 aliphatic carbocycles. The Kier molecular flexibility index (Phi) is 3.16. The summed E-state index contributed by atoms with van der Waals surface area (Å²) in [6, 6.07) is 3.59. The standard InChI is InChI=1S/C10H11N7/c11-5-7-1-3-13-10(9(7)12)14-4-2-8-15-6-16-17-8/h1,3,6H,2,4,12H2,(H,13,14)(H,15,16,17). The first-order valence-corrected chi connectivity index (χ1v) is 5.04. The van der Waals surface area contributed by atoms with Crippen molar-refractivity contribution in [3.63, 3.8) is 0 Å². The Morgan fingerprint density at radius 2 is 2.35 bits per heavy atom. The van der Waals surface area contributed by atoms with E-state index in [1.165, 1.54) is 6.33 Å². The van der Waals surface area contributed by atoms with Crippen molar-refractivity contribution in [1.29, 1.82) is 5.26 Å². The third-order valence-electron chi connectivity index (χ3n) is 2.23. The summed E-state index contributed by atoms with van der Waals surface area (Å²) in [5.74, 6) is 1.30. The van der Waals surface area contributed by atoms with Crippen molar-refractivity contribution < 1.29 is 0 Å².